The number of hydrogen-bond donors (Lipinski definition) is 1. The van der Waals surface area contributed by atoms with Gasteiger partial charge in [-0.25, -0.2) is 0 Å². The zero-order valence-corrected chi connectivity index (χ0v) is 7.93. The van der Waals surface area contributed by atoms with Crippen molar-refractivity contribution in [1.29, 1.82) is 0 Å². The number of aryl methyl sites for hydroxylation is 1. The minimum atomic E-state index is 0.629. The van der Waals surface area contributed by atoms with Crippen LogP contribution in [0.1, 0.15) is 12.6 Å². The van der Waals surface area contributed by atoms with Crippen LogP contribution in [0.2, 0.25) is 0 Å². The van der Waals surface area contributed by atoms with Gasteiger partial charge < -0.3 is 5.32 Å². The molecule has 1 heterocycles. The Kier molecular flexibility index (Phi) is 3.88. The van der Waals surface area contributed by atoms with E-state index in [1.807, 2.05) is 18.3 Å². The highest BCUT2D eigenvalue weighted by Gasteiger charge is 1.93. The zero-order valence-electron chi connectivity index (χ0n) is 7.18. The smallest absolute Gasteiger partial charge is 0.0421 e. The quantitative estimate of drug-likeness (QED) is 0.727. The number of hydrogen-bond acceptors (Lipinski definition) is 2. The van der Waals surface area contributed by atoms with E-state index in [9.17, 15) is 0 Å². The van der Waals surface area contributed by atoms with Crippen molar-refractivity contribution in [2.45, 2.75) is 13.3 Å². The summed E-state index contributed by atoms with van der Waals surface area (Å²) in [5, 5.41) is 3.20. The van der Waals surface area contributed by atoms with E-state index in [0.29, 0.717) is 5.88 Å². The number of pyridine rings is 1. The van der Waals surface area contributed by atoms with Gasteiger partial charge in [-0.05, 0) is 18.6 Å². The van der Waals surface area contributed by atoms with Gasteiger partial charge in [-0.1, -0.05) is 6.92 Å². The second-order valence-electron chi connectivity index (χ2n) is 2.51. The highest BCUT2D eigenvalue weighted by Crippen LogP contribution is 2.07. The van der Waals surface area contributed by atoms with Crippen LogP contribution in [0.4, 0.5) is 5.69 Å². The molecule has 0 saturated carbocycles. The van der Waals surface area contributed by atoms with E-state index in [0.717, 1.165) is 24.3 Å². The van der Waals surface area contributed by atoms with Crippen molar-refractivity contribution in [2.24, 2.45) is 0 Å². The van der Waals surface area contributed by atoms with Crippen molar-refractivity contribution in [1.82, 2.24) is 4.98 Å². The van der Waals surface area contributed by atoms with E-state index < -0.39 is 0 Å². The first-order chi connectivity index (χ1) is 5.86. The lowest BCUT2D eigenvalue weighted by molar-refractivity contribution is 1.03. The van der Waals surface area contributed by atoms with Gasteiger partial charge in [0.25, 0.3) is 0 Å². The molecule has 66 valence electrons. The Morgan fingerprint density at radius 1 is 1.58 bits per heavy atom. The van der Waals surface area contributed by atoms with Crippen LogP contribution >= 0.6 is 11.6 Å². The van der Waals surface area contributed by atoms with Crippen LogP contribution in [-0.4, -0.2) is 17.4 Å². The lowest BCUT2D eigenvalue weighted by Gasteiger charge is -2.04. The third kappa shape index (κ3) is 2.70. The van der Waals surface area contributed by atoms with E-state index in [1.165, 1.54) is 0 Å². The van der Waals surface area contributed by atoms with Crippen molar-refractivity contribution in [3.05, 3.63) is 24.0 Å². The van der Waals surface area contributed by atoms with Gasteiger partial charge in [0.15, 0.2) is 0 Å². The molecule has 0 bridgehead atoms. The third-order valence-corrected chi connectivity index (χ3v) is 1.79. The first kappa shape index (κ1) is 9.33. The first-order valence-corrected chi connectivity index (χ1v) is 4.65. The summed E-state index contributed by atoms with van der Waals surface area (Å²) in [5.41, 5.74) is 2.21. The van der Waals surface area contributed by atoms with E-state index in [-0.39, 0.29) is 0 Å². The third-order valence-electron chi connectivity index (χ3n) is 1.60. The fraction of sp³-hybridized carbons (Fsp3) is 0.444. The van der Waals surface area contributed by atoms with E-state index >= 15 is 0 Å². The molecular weight excluding hydrogens is 172 g/mol. The summed E-state index contributed by atoms with van der Waals surface area (Å²) in [6.45, 7) is 2.89. The number of halogens is 1. The van der Waals surface area contributed by atoms with Crippen LogP contribution in [0, 0.1) is 0 Å². The monoisotopic (exact) mass is 184 g/mol. The Bertz CT molecular complexity index is 238. The summed E-state index contributed by atoms with van der Waals surface area (Å²) in [5.74, 6) is 0.629. The molecule has 0 saturated heterocycles. The molecule has 1 rings (SSSR count). The van der Waals surface area contributed by atoms with Gasteiger partial charge in [0.05, 0.1) is 0 Å². The molecule has 0 aliphatic rings. The van der Waals surface area contributed by atoms with Crippen molar-refractivity contribution >= 4 is 17.3 Å². The van der Waals surface area contributed by atoms with E-state index in [1.54, 1.807) is 0 Å². The number of nitrogens with zero attached hydrogens (tertiary/aromatic N) is 1. The first-order valence-electron chi connectivity index (χ1n) is 4.11. The van der Waals surface area contributed by atoms with E-state index in [2.05, 4.69) is 17.2 Å². The van der Waals surface area contributed by atoms with Crippen LogP contribution in [0.25, 0.3) is 0 Å². The summed E-state index contributed by atoms with van der Waals surface area (Å²) in [4.78, 5) is 4.19. The topological polar surface area (TPSA) is 24.9 Å². The number of alkyl halides is 1. The maximum atomic E-state index is 5.55. The predicted molar refractivity (Wildman–Crippen MR) is 52.8 cm³/mol. The molecule has 1 N–H and O–H groups in total. The number of rotatable bonds is 4. The highest BCUT2D eigenvalue weighted by molar-refractivity contribution is 6.18. The maximum Gasteiger partial charge on any atom is 0.0421 e. The minimum Gasteiger partial charge on any atom is -0.384 e. The molecule has 2 nitrogen and oxygen atoms in total. The number of nitrogens with one attached hydrogen (secondary N) is 1. The van der Waals surface area contributed by atoms with Gasteiger partial charge in [0.2, 0.25) is 0 Å². The van der Waals surface area contributed by atoms with Crippen molar-refractivity contribution in [3.8, 4) is 0 Å². The van der Waals surface area contributed by atoms with Crippen LogP contribution in [0.15, 0.2) is 18.3 Å². The number of aromatic nitrogens is 1. The van der Waals surface area contributed by atoms with Crippen LogP contribution in [0.5, 0.6) is 0 Å². The Hall–Kier alpha value is -0.760. The molecule has 12 heavy (non-hydrogen) atoms. The largest absolute Gasteiger partial charge is 0.384 e. The maximum absolute atomic E-state index is 5.55. The molecule has 0 aliphatic heterocycles. The molecule has 0 amide bonds. The van der Waals surface area contributed by atoms with Crippen LogP contribution in [-0.2, 0) is 6.42 Å². The second kappa shape index (κ2) is 4.99. The van der Waals surface area contributed by atoms with E-state index in [4.69, 9.17) is 11.6 Å². The normalized spacial score (nSPS) is 9.83. The summed E-state index contributed by atoms with van der Waals surface area (Å²) >= 11 is 5.55. The molecule has 0 atom stereocenters. The fourth-order valence-electron chi connectivity index (χ4n) is 0.973. The van der Waals surface area contributed by atoms with Gasteiger partial charge >= 0.3 is 0 Å². The summed E-state index contributed by atoms with van der Waals surface area (Å²) in [6.07, 6.45) is 2.78. The van der Waals surface area contributed by atoms with Crippen LogP contribution < -0.4 is 5.32 Å². The molecule has 1 aromatic rings. The van der Waals surface area contributed by atoms with Crippen molar-refractivity contribution < 1.29 is 0 Å². The molecule has 0 spiro atoms. The highest BCUT2D eigenvalue weighted by atomic mass is 35.5. The molecule has 3 heteroatoms. The number of anilines is 1. The van der Waals surface area contributed by atoms with Crippen molar-refractivity contribution in [3.63, 3.8) is 0 Å². The molecule has 0 unspecified atom stereocenters. The Labute approximate surface area is 78.0 Å². The van der Waals surface area contributed by atoms with Gasteiger partial charge in [0, 0.05) is 30.0 Å². The standard InChI is InChI=1S/C9H13ClN2/c1-2-8-7-9(3-5-11-8)12-6-4-10/h3,5,7H,2,4,6H2,1H3,(H,11,12). The Balaban J connectivity index is 2.60. The van der Waals surface area contributed by atoms with Gasteiger partial charge in [-0.2, -0.15) is 0 Å². The van der Waals surface area contributed by atoms with Crippen molar-refractivity contribution in [2.75, 3.05) is 17.7 Å². The average molecular weight is 185 g/mol. The summed E-state index contributed by atoms with van der Waals surface area (Å²) < 4.78 is 0. The zero-order chi connectivity index (χ0) is 8.81. The summed E-state index contributed by atoms with van der Waals surface area (Å²) in [6, 6.07) is 4.00. The molecular formula is C9H13ClN2. The molecule has 1 aromatic heterocycles. The predicted octanol–water partition coefficient (Wildman–Crippen LogP) is 2.29. The fourth-order valence-corrected chi connectivity index (χ4v) is 1.07. The Morgan fingerprint density at radius 3 is 3.08 bits per heavy atom. The lowest BCUT2D eigenvalue weighted by Crippen LogP contribution is -2.02. The molecule has 0 radical (unpaired) electrons. The van der Waals surface area contributed by atoms with Gasteiger partial charge in [-0.15, -0.1) is 11.6 Å². The lowest BCUT2D eigenvalue weighted by atomic mass is 10.2. The molecule has 0 fully saturated rings. The summed E-state index contributed by atoms with van der Waals surface area (Å²) in [7, 11) is 0. The minimum absolute atomic E-state index is 0.629. The molecule has 0 aromatic carbocycles. The average Bonchev–Trinajstić information content (AvgIpc) is 2.15. The molecule has 0 aliphatic carbocycles. The Morgan fingerprint density at radius 2 is 2.42 bits per heavy atom. The van der Waals surface area contributed by atoms with Crippen LogP contribution in [0.3, 0.4) is 0 Å². The SMILES string of the molecule is CCc1cc(NCCCl)ccn1. The second-order valence-corrected chi connectivity index (χ2v) is 2.88. The van der Waals surface area contributed by atoms with Gasteiger partial charge in [-0.3, -0.25) is 4.98 Å². The van der Waals surface area contributed by atoms with Gasteiger partial charge in [0.1, 0.15) is 0 Å².